The molecule has 0 aliphatic carbocycles. The van der Waals surface area contributed by atoms with Gasteiger partial charge in [-0.2, -0.15) is 4.31 Å². The van der Waals surface area contributed by atoms with Crippen LogP contribution < -0.4 is 5.73 Å². The van der Waals surface area contributed by atoms with Gasteiger partial charge >= 0.3 is 0 Å². The maximum absolute atomic E-state index is 12.9. The van der Waals surface area contributed by atoms with E-state index in [0.717, 1.165) is 17.2 Å². The van der Waals surface area contributed by atoms with E-state index in [1.165, 1.54) is 0 Å². The Morgan fingerprint density at radius 2 is 1.86 bits per heavy atom. The summed E-state index contributed by atoms with van der Waals surface area (Å²) in [4.78, 5) is 0.391. The third-order valence-corrected chi connectivity index (χ3v) is 6.29. The molecule has 2 aromatic rings. The molecule has 1 saturated heterocycles. The fourth-order valence-corrected chi connectivity index (χ4v) is 4.72. The van der Waals surface area contributed by atoms with E-state index in [-0.39, 0.29) is 17.8 Å². The third-order valence-electron chi connectivity index (χ3n) is 4.38. The Hall–Kier alpha value is -1.14. The highest BCUT2D eigenvalue weighted by atomic mass is 35.5. The lowest BCUT2D eigenvalue weighted by Crippen LogP contribution is -2.34. The summed E-state index contributed by atoms with van der Waals surface area (Å²) < 4.78 is 27.4. The molecule has 0 amide bonds. The molecule has 3 rings (SSSR count). The van der Waals surface area contributed by atoms with Crippen molar-refractivity contribution in [3.63, 3.8) is 0 Å². The van der Waals surface area contributed by atoms with Crippen molar-refractivity contribution in [2.24, 2.45) is 11.1 Å². The van der Waals surface area contributed by atoms with E-state index in [4.69, 9.17) is 5.73 Å². The number of hydrogen-bond acceptors (Lipinski definition) is 3. The van der Waals surface area contributed by atoms with Crippen LogP contribution in [0.5, 0.6) is 0 Å². The van der Waals surface area contributed by atoms with Crippen LogP contribution in [0.25, 0.3) is 10.8 Å². The number of nitrogens with zero attached hydrogens (tertiary/aromatic N) is 1. The van der Waals surface area contributed by atoms with Crippen molar-refractivity contribution >= 4 is 33.2 Å². The minimum absolute atomic E-state index is 0. The van der Waals surface area contributed by atoms with E-state index >= 15 is 0 Å². The second-order valence-electron chi connectivity index (χ2n) is 6.08. The molecule has 0 aromatic heterocycles. The van der Waals surface area contributed by atoms with E-state index in [1.807, 2.05) is 37.3 Å². The monoisotopic (exact) mass is 340 g/mol. The highest BCUT2D eigenvalue weighted by Crippen LogP contribution is 2.34. The summed E-state index contributed by atoms with van der Waals surface area (Å²) in [5, 5.41) is 1.72. The lowest BCUT2D eigenvalue weighted by atomic mass is 9.90. The number of sulfonamides is 1. The lowest BCUT2D eigenvalue weighted by Gasteiger charge is -2.22. The quantitative estimate of drug-likeness (QED) is 0.934. The molecular weight excluding hydrogens is 320 g/mol. The molecule has 1 aliphatic heterocycles. The van der Waals surface area contributed by atoms with Crippen LogP contribution in [0.15, 0.2) is 47.4 Å². The van der Waals surface area contributed by atoms with Gasteiger partial charge in [0.2, 0.25) is 10.0 Å². The van der Waals surface area contributed by atoms with Gasteiger partial charge in [0.25, 0.3) is 0 Å². The predicted molar refractivity (Wildman–Crippen MR) is 91.7 cm³/mol. The molecule has 0 spiro atoms. The second kappa shape index (κ2) is 6.16. The molecule has 4 nitrogen and oxygen atoms in total. The molecule has 120 valence electrons. The summed E-state index contributed by atoms with van der Waals surface area (Å²) in [7, 11) is -3.47. The van der Waals surface area contributed by atoms with Crippen molar-refractivity contribution in [1.29, 1.82) is 0 Å². The number of halogens is 1. The van der Waals surface area contributed by atoms with Gasteiger partial charge in [-0.15, -0.1) is 12.4 Å². The normalized spacial score (nSPS) is 22.6. The van der Waals surface area contributed by atoms with Crippen molar-refractivity contribution < 1.29 is 8.42 Å². The molecule has 2 aromatic carbocycles. The molecule has 0 saturated carbocycles. The van der Waals surface area contributed by atoms with Crippen LogP contribution in [0.3, 0.4) is 0 Å². The van der Waals surface area contributed by atoms with E-state index in [2.05, 4.69) is 0 Å². The average Bonchev–Trinajstić information content (AvgIpc) is 2.91. The van der Waals surface area contributed by atoms with E-state index in [1.54, 1.807) is 16.4 Å². The van der Waals surface area contributed by atoms with Crippen molar-refractivity contribution in [3.8, 4) is 0 Å². The van der Waals surface area contributed by atoms with Gasteiger partial charge in [0.1, 0.15) is 0 Å². The maximum atomic E-state index is 12.9. The van der Waals surface area contributed by atoms with Gasteiger partial charge in [0, 0.05) is 18.5 Å². The fraction of sp³-hybridized carbons (Fsp3) is 0.375. The van der Waals surface area contributed by atoms with Gasteiger partial charge in [-0.1, -0.05) is 43.3 Å². The summed E-state index contributed by atoms with van der Waals surface area (Å²) >= 11 is 0. The van der Waals surface area contributed by atoms with E-state index in [0.29, 0.717) is 24.5 Å². The first kappa shape index (κ1) is 17.2. The third kappa shape index (κ3) is 2.86. The Bertz CT molecular complexity index is 773. The van der Waals surface area contributed by atoms with Crippen molar-refractivity contribution in [2.45, 2.75) is 18.2 Å². The first-order chi connectivity index (χ1) is 9.96. The van der Waals surface area contributed by atoms with Gasteiger partial charge < -0.3 is 5.73 Å². The summed E-state index contributed by atoms with van der Waals surface area (Å²) in [5.41, 5.74) is 5.67. The molecule has 2 N–H and O–H groups in total. The van der Waals surface area contributed by atoms with Gasteiger partial charge in [-0.3, -0.25) is 0 Å². The zero-order chi connectivity index (χ0) is 15.1. The Morgan fingerprint density at radius 3 is 2.55 bits per heavy atom. The SMILES string of the molecule is CC1(CN)CCN(S(=O)(=O)c2cccc3ccccc23)C1.Cl. The molecule has 1 heterocycles. The van der Waals surface area contributed by atoms with Crippen LogP contribution in [-0.4, -0.2) is 32.4 Å². The molecule has 0 bridgehead atoms. The van der Waals surface area contributed by atoms with Gasteiger partial charge in [0.15, 0.2) is 0 Å². The first-order valence-corrected chi connectivity index (χ1v) is 8.58. The van der Waals surface area contributed by atoms with Gasteiger partial charge in [0.05, 0.1) is 4.90 Å². The molecule has 0 radical (unpaired) electrons. The lowest BCUT2D eigenvalue weighted by molar-refractivity contribution is 0.350. The number of nitrogens with two attached hydrogens (primary N) is 1. The zero-order valence-corrected chi connectivity index (χ0v) is 14.2. The van der Waals surface area contributed by atoms with E-state index < -0.39 is 10.0 Å². The largest absolute Gasteiger partial charge is 0.330 e. The number of rotatable bonds is 3. The Morgan fingerprint density at radius 1 is 1.18 bits per heavy atom. The van der Waals surface area contributed by atoms with Gasteiger partial charge in [-0.25, -0.2) is 8.42 Å². The molecule has 1 fully saturated rings. The zero-order valence-electron chi connectivity index (χ0n) is 12.5. The van der Waals surface area contributed by atoms with Crippen LogP contribution in [-0.2, 0) is 10.0 Å². The summed E-state index contributed by atoms with van der Waals surface area (Å²) in [6, 6.07) is 13.0. The molecule has 6 heteroatoms. The van der Waals surface area contributed by atoms with Gasteiger partial charge in [-0.05, 0) is 29.8 Å². The highest BCUT2D eigenvalue weighted by molar-refractivity contribution is 7.89. The summed E-state index contributed by atoms with van der Waals surface area (Å²) in [6.45, 7) is 3.59. The minimum Gasteiger partial charge on any atom is -0.330 e. The Kier molecular flexibility index (Phi) is 4.82. The van der Waals surface area contributed by atoms with Crippen LogP contribution in [0.2, 0.25) is 0 Å². The standard InChI is InChI=1S/C16H20N2O2S.ClH/c1-16(11-17)9-10-18(12-16)21(19,20)15-8-4-6-13-5-2-3-7-14(13)15;/h2-8H,9-12,17H2,1H3;1H. The number of benzene rings is 2. The van der Waals surface area contributed by atoms with Crippen molar-refractivity contribution in [3.05, 3.63) is 42.5 Å². The molecule has 1 unspecified atom stereocenters. The van der Waals surface area contributed by atoms with Crippen molar-refractivity contribution in [1.82, 2.24) is 4.31 Å². The molecule has 1 atom stereocenters. The van der Waals surface area contributed by atoms with Crippen LogP contribution in [0.4, 0.5) is 0 Å². The summed E-state index contributed by atoms with van der Waals surface area (Å²) in [5.74, 6) is 0. The Balaban J connectivity index is 0.00000176. The second-order valence-corrected chi connectivity index (χ2v) is 7.99. The summed E-state index contributed by atoms with van der Waals surface area (Å²) in [6.07, 6.45) is 0.813. The number of hydrogen-bond donors (Lipinski definition) is 1. The number of fused-ring (bicyclic) bond motifs is 1. The van der Waals surface area contributed by atoms with Crippen LogP contribution >= 0.6 is 12.4 Å². The Labute approximate surface area is 137 Å². The molecule has 1 aliphatic rings. The average molecular weight is 341 g/mol. The smallest absolute Gasteiger partial charge is 0.243 e. The van der Waals surface area contributed by atoms with Crippen LogP contribution in [0.1, 0.15) is 13.3 Å². The van der Waals surface area contributed by atoms with Crippen molar-refractivity contribution in [2.75, 3.05) is 19.6 Å². The van der Waals surface area contributed by atoms with E-state index in [9.17, 15) is 8.42 Å². The minimum atomic E-state index is -3.47. The topological polar surface area (TPSA) is 63.4 Å². The predicted octanol–water partition coefficient (Wildman–Crippen LogP) is 2.62. The highest BCUT2D eigenvalue weighted by Gasteiger charge is 2.39. The molecular formula is C16H21ClN2O2S. The fourth-order valence-electron chi connectivity index (χ4n) is 2.91. The first-order valence-electron chi connectivity index (χ1n) is 7.14. The maximum Gasteiger partial charge on any atom is 0.243 e. The molecule has 22 heavy (non-hydrogen) atoms. The van der Waals surface area contributed by atoms with Crippen LogP contribution in [0, 0.1) is 5.41 Å².